The van der Waals surface area contributed by atoms with Gasteiger partial charge in [-0.15, -0.1) is 0 Å². The molecule has 0 heterocycles. The van der Waals surface area contributed by atoms with Gasteiger partial charge in [0.25, 0.3) is 0 Å². The van der Waals surface area contributed by atoms with Crippen molar-refractivity contribution in [2.75, 3.05) is 0 Å². The van der Waals surface area contributed by atoms with Crippen LogP contribution in [-0.4, -0.2) is 4.92 Å². The van der Waals surface area contributed by atoms with Crippen LogP contribution in [0.4, 0.5) is 10.1 Å². The predicted molar refractivity (Wildman–Crippen MR) is 74.3 cm³/mol. The van der Waals surface area contributed by atoms with Crippen LogP contribution in [0.25, 0.3) is 6.08 Å². The van der Waals surface area contributed by atoms with E-state index in [1.165, 1.54) is 12.1 Å². The van der Waals surface area contributed by atoms with Gasteiger partial charge in [-0.05, 0) is 25.1 Å². The monoisotopic (exact) mass is 273 g/mol. The van der Waals surface area contributed by atoms with Gasteiger partial charge in [0.15, 0.2) is 0 Å². The summed E-state index contributed by atoms with van der Waals surface area (Å²) < 4.78 is 19.0. The molecule has 4 nitrogen and oxygen atoms in total. The molecule has 0 aromatic heterocycles. The van der Waals surface area contributed by atoms with Crippen molar-refractivity contribution in [3.63, 3.8) is 0 Å². The lowest BCUT2D eigenvalue weighted by Crippen LogP contribution is -1.97. The van der Waals surface area contributed by atoms with E-state index in [1.54, 1.807) is 24.3 Å². The third-order valence-corrected chi connectivity index (χ3v) is 2.62. The Kier molecular flexibility index (Phi) is 4.10. The van der Waals surface area contributed by atoms with Crippen LogP contribution < -0.4 is 4.74 Å². The molecule has 0 aliphatic carbocycles. The van der Waals surface area contributed by atoms with Crippen molar-refractivity contribution in [3.8, 4) is 11.5 Å². The fraction of sp³-hybridized carbons (Fsp3) is 0.0667. The second-order valence-electron chi connectivity index (χ2n) is 3.98. The van der Waals surface area contributed by atoms with Gasteiger partial charge in [0.2, 0.25) is 11.6 Å². The van der Waals surface area contributed by atoms with E-state index in [2.05, 4.69) is 0 Å². The molecule has 0 aliphatic rings. The highest BCUT2D eigenvalue weighted by atomic mass is 19.1. The van der Waals surface area contributed by atoms with Crippen LogP contribution in [-0.2, 0) is 0 Å². The summed E-state index contributed by atoms with van der Waals surface area (Å²) in [4.78, 5) is 10.1. The van der Waals surface area contributed by atoms with Gasteiger partial charge in [0, 0.05) is 5.56 Å². The summed E-state index contributed by atoms with van der Waals surface area (Å²) in [7, 11) is 0. The molecule has 2 aromatic carbocycles. The van der Waals surface area contributed by atoms with Crippen molar-refractivity contribution < 1.29 is 14.1 Å². The maximum atomic E-state index is 13.5. The minimum atomic E-state index is -0.920. The minimum absolute atomic E-state index is 0.119. The highest BCUT2D eigenvalue weighted by molar-refractivity contribution is 5.59. The Balaban J connectivity index is 2.46. The Morgan fingerprint density at radius 2 is 1.85 bits per heavy atom. The molecule has 0 amide bonds. The van der Waals surface area contributed by atoms with Gasteiger partial charge in [0.05, 0.1) is 4.92 Å². The average Bonchev–Trinajstić information content (AvgIpc) is 2.41. The molecule has 102 valence electrons. The molecular weight excluding hydrogens is 261 g/mol. The number of allylic oxidation sites excluding steroid dienone is 1. The number of nitrogens with zero attached hydrogens (tertiary/aromatic N) is 1. The Morgan fingerprint density at radius 3 is 2.55 bits per heavy atom. The minimum Gasteiger partial charge on any atom is -0.449 e. The number of hydrogen-bond donors (Lipinski definition) is 0. The van der Waals surface area contributed by atoms with E-state index >= 15 is 0 Å². The fourth-order valence-corrected chi connectivity index (χ4v) is 1.76. The molecule has 2 aromatic rings. The van der Waals surface area contributed by atoms with Crippen molar-refractivity contribution in [1.29, 1.82) is 0 Å². The third kappa shape index (κ3) is 2.83. The maximum Gasteiger partial charge on any atom is 0.346 e. The van der Waals surface area contributed by atoms with Crippen LogP contribution in [0.5, 0.6) is 11.5 Å². The second kappa shape index (κ2) is 5.97. The lowest BCUT2D eigenvalue weighted by atomic mass is 10.2. The Morgan fingerprint density at radius 1 is 1.15 bits per heavy atom. The third-order valence-electron chi connectivity index (χ3n) is 2.62. The van der Waals surface area contributed by atoms with Gasteiger partial charge in [-0.2, -0.15) is 4.39 Å². The van der Waals surface area contributed by atoms with E-state index in [0.29, 0.717) is 5.75 Å². The van der Waals surface area contributed by atoms with E-state index in [1.807, 2.05) is 19.1 Å². The average molecular weight is 273 g/mol. The van der Waals surface area contributed by atoms with E-state index < -0.39 is 16.4 Å². The number of para-hydroxylation sites is 2. The predicted octanol–water partition coefficient (Wildman–Crippen LogP) is 4.56. The zero-order chi connectivity index (χ0) is 14.5. The number of rotatable bonds is 4. The first kappa shape index (κ1) is 13.7. The Labute approximate surface area is 115 Å². The highest BCUT2D eigenvalue weighted by Gasteiger charge is 2.22. The van der Waals surface area contributed by atoms with Crippen molar-refractivity contribution >= 4 is 11.8 Å². The lowest BCUT2D eigenvalue weighted by molar-refractivity contribution is -0.388. The molecule has 0 atom stereocenters. The molecule has 0 bridgehead atoms. The first-order valence-electron chi connectivity index (χ1n) is 5.96. The van der Waals surface area contributed by atoms with E-state index in [0.717, 1.165) is 11.6 Å². The summed E-state index contributed by atoms with van der Waals surface area (Å²) in [5, 5.41) is 10.9. The molecule has 0 saturated carbocycles. The molecule has 0 radical (unpaired) electrons. The first-order valence-corrected chi connectivity index (χ1v) is 5.96. The zero-order valence-corrected chi connectivity index (χ0v) is 10.7. The van der Waals surface area contributed by atoms with Crippen molar-refractivity contribution in [3.05, 3.63) is 70.0 Å². The van der Waals surface area contributed by atoms with E-state index in [9.17, 15) is 14.5 Å². The molecule has 20 heavy (non-hydrogen) atoms. The molecule has 0 unspecified atom stereocenters. The summed E-state index contributed by atoms with van der Waals surface area (Å²) in [6.07, 6.45) is 3.63. The van der Waals surface area contributed by atoms with Crippen molar-refractivity contribution in [2.45, 2.75) is 6.92 Å². The number of halogens is 1. The van der Waals surface area contributed by atoms with E-state index in [4.69, 9.17) is 4.74 Å². The number of nitro benzene ring substituents is 1. The summed E-state index contributed by atoms with van der Waals surface area (Å²) >= 11 is 0. The van der Waals surface area contributed by atoms with Gasteiger partial charge < -0.3 is 4.74 Å². The Hall–Kier alpha value is -2.69. The van der Waals surface area contributed by atoms with Crippen molar-refractivity contribution in [2.24, 2.45) is 0 Å². The summed E-state index contributed by atoms with van der Waals surface area (Å²) in [6, 6.07) is 10.8. The van der Waals surface area contributed by atoms with Crippen molar-refractivity contribution in [1.82, 2.24) is 0 Å². The number of ether oxygens (including phenoxy) is 1. The van der Waals surface area contributed by atoms with Gasteiger partial charge in [-0.25, -0.2) is 0 Å². The van der Waals surface area contributed by atoms with Crippen LogP contribution in [0, 0.1) is 15.9 Å². The summed E-state index contributed by atoms with van der Waals surface area (Å²) in [5.74, 6) is -0.609. The smallest absolute Gasteiger partial charge is 0.346 e. The van der Waals surface area contributed by atoms with Crippen LogP contribution in [0.3, 0.4) is 0 Å². The van der Waals surface area contributed by atoms with Gasteiger partial charge >= 0.3 is 5.69 Å². The fourth-order valence-electron chi connectivity index (χ4n) is 1.76. The van der Waals surface area contributed by atoms with Crippen LogP contribution >= 0.6 is 0 Å². The quantitative estimate of drug-likeness (QED) is 0.606. The van der Waals surface area contributed by atoms with Crippen LogP contribution in [0.15, 0.2) is 48.5 Å². The standard InChI is InChI=1S/C15H12FNO3/c1-2-6-11-7-3-4-9-13(11)20-14-10-5-8-12(16)15(14)17(18)19/h2-10H,1H3. The molecule has 0 aliphatic heterocycles. The number of nitro groups is 1. The molecule has 0 N–H and O–H groups in total. The maximum absolute atomic E-state index is 13.5. The molecule has 0 fully saturated rings. The summed E-state index contributed by atoms with van der Waals surface area (Å²) in [6.45, 7) is 1.85. The summed E-state index contributed by atoms with van der Waals surface area (Å²) in [5.41, 5.74) is 0.0938. The topological polar surface area (TPSA) is 52.4 Å². The SMILES string of the molecule is CC=Cc1ccccc1Oc1cccc(F)c1[N+](=O)[O-]. The largest absolute Gasteiger partial charge is 0.449 e. The van der Waals surface area contributed by atoms with E-state index in [-0.39, 0.29) is 5.75 Å². The lowest BCUT2D eigenvalue weighted by Gasteiger charge is -2.09. The normalized spacial score (nSPS) is 10.7. The van der Waals surface area contributed by atoms with Gasteiger partial charge in [-0.3, -0.25) is 10.1 Å². The highest BCUT2D eigenvalue weighted by Crippen LogP contribution is 2.34. The van der Waals surface area contributed by atoms with Gasteiger partial charge in [-0.1, -0.05) is 36.4 Å². The van der Waals surface area contributed by atoms with Crippen LogP contribution in [0.1, 0.15) is 12.5 Å². The molecule has 0 saturated heterocycles. The first-order chi connectivity index (χ1) is 9.63. The van der Waals surface area contributed by atoms with Crippen LogP contribution in [0.2, 0.25) is 0 Å². The van der Waals surface area contributed by atoms with Gasteiger partial charge in [0.1, 0.15) is 5.75 Å². The molecule has 0 spiro atoms. The molecular formula is C15H12FNO3. The number of hydrogen-bond acceptors (Lipinski definition) is 3. The molecule has 2 rings (SSSR count). The Bertz CT molecular complexity index is 668. The molecule has 5 heteroatoms. The second-order valence-corrected chi connectivity index (χ2v) is 3.98. The zero-order valence-electron chi connectivity index (χ0n) is 10.7. The number of benzene rings is 2.